The molecule has 106 valence electrons. The minimum absolute atomic E-state index is 0.183. The molecule has 2 aromatic rings. The Balaban J connectivity index is 2.35. The monoisotopic (exact) mass is 291 g/mol. The molecule has 0 saturated carbocycles. The van der Waals surface area contributed by atoms with Crippen LogP contribution in [0.3, 0.4) is 0 Å². The molecule has 0 amide bonds. The second-order valence-electron chi connectivity index (χ2n) is 4.90. The molecule has 2 rings (SSSR count). The summed E-state index contributed by atoms with van der Waals surface area (Å²) in [6, 6.07) is 10.3. The van der Waals surface area contributed by atoms with Gasteiger partial charge in [0.25, 0.3) is 0 Å². The van der Waals surface area contributed by atoms with Crippen molar-refractivity contribution in [2.45, 2.75) is 18.7 Å². The maximum Gasteiger partial charge on any atom is 0.175 e. The Kier molecular flexibility index (Phi) is 3.72. The summed E-state index contributed by atoms with van der Waals surface area (Å²) in [5.74, 6) is 1.13. The first-order chi connectivity index (χ1) is 9.25. The zero-order chi connectivity index (χ0) is 14.9. The lowest BCUT2D eigenvalue weighted by atomic mass is 10.1. The summed E-state index contributed by atoms with van der Waals surface area (Å²) in [6.45, 7) is 3.96. The molecule has 20 heavy (non-hydrogen) atoms. The molecule has 0 radical (unpaired) electrons. The predicted octanol–water partition coefficient (Wildman–Crippen LogP) is 3.08. The van der Waals surface area contributed by atoms with Crippen LogP contribution in [-0.4, -0.2) is 14.7 Å². The molecule has 0 atom stereocenters. The molecule has 2 N–H and O–H groups in total. The summed E-state index contributed by atoms with van der Waals surface area (Å²) in [5, 5.41) is 0. The Morgan fingerprint density at radius 1 is 1.00 bits per heavy atom. The summed E-state index contributed by atoms with van der Waals surface area (Å²) in [5.41, 5.74) is 8.33. The van der Waals surface area contributed by atoms with Gasteiger partial charge in [-0.1, -0.05) is 6.07 Å². The maximum absolute atomic E-state index is 11.4. The number of nitrogens with two attached hydrogens (primary N) is 1. The van der Waals surface area contributed by atoms with E-state index in [0.29, 0.717) is 17.2 Å². The van der Waals surface area contributed by atoms with Crippen LogP contribution in [0, 0.1) is 13.8 Å². The number of rotatable bonds is 3. The fraction of sp³-hybridized carbons (Fsp3) is 0.200. The van der Waals surface area contributed by atoms with Crippen LogP contribution >= 0.6 is 0 Å². The highest BCUT2D eigenvalue weighted by atomic mass is 32.2. The van der Waals surface area contributed by atoms with E-state index in [1.165, 1.54) is 12.1 Å². The van der Waals surface area contributed by atoms with Crippen molar-refractivity contribution in [3.8, 4) is 11.5 Å². The number of hydrogen-bond acceptors (Lipinski definition) is 4. The molecular formula is C15H17NO3S. The Morgan fingerprint density at radius 3 is 2.10 bits per heavy atom. The third-order valence-corrected chi connectivity index (χ3v) is 3.94. The lowest BCUT2D eigenvalue weighted by Gasteiger charge is -2.11. The Hall–Kier alpha value is -2.01. The van der Waals surface area contributed by atoms with Crippen molar-refractivity contribution in [1.82, 2.24) is 0 Å². The minimum Gasteiger partial charge on any atom is -0.455 e. The average Bonchev–Trinajstić information content (AvgIpc) is 2.29. The zero-order valence-electron chi connectivity index (χ0n) is 11.7. The first kappa shape index (κ1) is 14.4. The van der Waals surface area contributed by atoms with E-state index < -0.39 is 9.84 Å². The molecule has 0 fully saturated rings. The Morgan fingerprint density at radius 2 is 1.60 bits per heavy atom. The molecular weight excluding hydrogens is 274 g/mol. The maximum atomic E-state index is 11.4. The van der Waals surface area contributed by atoms with E-state index in [-0.39, 0.29) is 4.90 Å². The summed E-state index contributed by atoms with van der Waals surface area (Å²) >= 11 is 0. The SMILES string of the molecule is Cc1cc(C)cc(Oc2ccc(S(C)(=O)=O)cc2N)c1. The molecule has 0 unspecified atom stereocenters. The number of anilines is 1. The van der Waals surface area contributed by atoms with Crippen LogP contribution in [0.5, 0.6) is 11.5 Å². The Bertz CT molecular complexity index is 731. The van der Waals surface area contributed by atoms with Gasteiger partial charge < -0.3 is 10.5 Å². The third kappa shape index (κ3) is 3.30. The van der Waals surface area contributed by atoms with Crippen molar-refractivity contribution in [3.63, 3.8) is 0 Å². The lowest BCUT2D eigenvalue weighted by molar-refractivity contribution is 0.484. The van der Waals surface area contributed by atoms with Gasteiger partial charge in [-0.15, -0.1) is 0 Å². The van der Waals surface area contributed by atoms with Crippen LogP contribution in [0.15, 0.2) is 41.3 Å². The van der Waals surface area contributed by atoms with E-state index >= 15 is 0 Å². The summed E-state index contributed by atoms with van der Waals surface area (Å²) in [7, 11) is -3.26. The standard InChI is InChI=1S/C15H17NO3S/c1-10-6-11(2)8-12(7-10)19-15-5-4-13(9-14(15)16)20(3,17)18/h4-9H,16H2,1-3H3. The van der Waals surface area contributed by atoms with Gasteiger partial charge in [0, 0.05) is 6.26 Å². The Labute approximate surface area is 119 Å². The van der Waals surface area contributed by atoms with Crippen molar-refractivity contribution in [2.75, 3.05) is 12.0 Å². The first-order valence-corrected chi connectivity index (χ1v) is 8.00. The minimum atomic E-state index is -3.26. The molecule has 2 aromatic carbocycles. The summed E-state index contributed by atoms with van der Waals surface area (Å²) in [6.07, 6.45) is 1.15. The van der Waals surface area contributed by atoms with Crippen LogP contribution in [-0.2, 0) is 9.84 Å². The predicted molar refractivity (Wildman–Crippen MR) is 80.0 cm³/mol. The summed E-state index contributed by atoms with van der Waals surface area (Å²) in [4.78, 5) is 0.183. The highest BCUT2D eigenvalue weighted by Crippen LogP contribution is 2.30. The normalized spacial score (nSPS) is 11.3. The average molecular weight is 291 g/mol. The third-order valence-electron chi connectivity index (χ3n) is 2.83. The number of hydrogen-bond donors (Lipinski definition) is 1. The van der Waals surface area contributed by atoms with Crippen LogP contribution in [0.2, 0.25) is 0 Å². The molecule has 0 aliphatic heterocycles. The van der Waals surface area contributed by atoms with Gasteiger partial charge in [0.2, 0.25) is 0 Å². The number of nitrogen functional groups attached to an aromatic ring is 1. The second kappa shape index (κ2) is 5.17. The number of aryl methyl sites for hydroxylation is 2. The van der Waals surface area contributed by atoms with Gasteiger partial charge in [-0.3, -0.25) is 0 Å². The van der Waals surface area contributed by atoms with Gasteiger partial charge in [0.15, 0.2) is 9.84 Å². The second-order valence-corrected chi connectivity index (χ2v) is 6.91. The van der Waals surface area contributed by atoms with E-state index in [1.54, 1.807) is 6.07 Å². The van der Waals surface area contributed by atoms with E-state index in [1.807, 2.05) is 32.0 Å². The van der Waals surface area contributed by atoms with Crippen molar-refractivity contribution >= 4 is 15.5 Å². The van der Waals surface area contributed by atoms with Gasteiger partial charge >= 0.3 is 0 Å². The van der Waals surface area contributed by atoms with Crippen molar-refractivity contribution in [2.24, 2.45) is 0 Å². The van der Waals surface area contributed by atoms with Crippen molar-refractivity contribution in [3.05, 3.63) is 47.5 Å². The van der Waals surface area contributed by atoms with Crippen molar-refractivity contribution in [1.29, 1.82) is 0 Å². The number of ether oxygens (including phenoxy) is 1. The fourth-order valence-electron chi connectivity index (χ4n) is 1.97. The van der Waals surface area contributed by atoms with E-state index in [0.717, 1.165) is 17.4 Å². The molecule has 4 nitrogen and oxygen atoms in total. The van der Waals surface area contributed by atoms with Gasteiger partial charge in [0.05, 0.1) is 10.6 Å². The van der Waals surface area contributed by atoms with Gasteiger partial charge in [0.1, 0.15) is 11.5 Å². The lowest BCUT2D eigenvalue weighted by Crippen LogP contribution is -2.00. The summed E-state index contributed by atoms with van der Waals surface area (Å²) < 4.78 is 28.6. The van der Waals surface area contributed by atoms with Crippen LogP contribution in [0.4, 0.5) is 5.69 Å². The van der Waals surface area contributed by atoms with E-state index in [2.05, 4.69) is 0 Å². The van der Waals surface area contributed by atoms with Crippen LogP contribution in [0.1, 0.15) is 11.1 Å². The molecule has 5 heteroatoms. The van der Waals surface area contributed by atoms with E-state index in [4.69, 9.17) is 10.5 Å². The van der Waals surface area contributed by atoms with Crippen LogP contribution < -0.4 is 10.5 Å². The molecule has 0 aromatic heterocycles. The first-order valence-electron chi connectivity index (χ1n) is 6.11. The molecule has 0 saturated heterocycles. The molecule has 0 spiro atoms. The smallest absolute Gasteiger partial charge is 0.175 e. The number of benzene rings is 2. The molecule has 0 aliphatic rings. The largest absolute Gasteiger partial charge is 0.455 e. The highest BCUT2D eigenvalue weighted by Gasteiger charge is 2.11. The van der Waals surface area contributed by atoms with Crippen LogP contribution in [0.25, 0.3) is 0 Å². The van der Waals surface area contributed by atoms with Crippen molar-refractivity contribution < 1.29 is 13.2 Å². The van der Waals surface area contributed by atoms with Gasteiger partial charge in [-0.25, -0.2) is 8.42 Å². The van der Waals surface area contributed by atoms with E-state index in [9.17, 15) is 8.42 Å². The molecule has 0 aliphatic carbocycles. The van der Waals surface area contributed by atoms with Gasteiger partial charge in [-0.05, 0) is 55.3 Å². The molecule has 0 heterocycles. The highest BCUT2D eigenvalue weighted by molar-refractivity contribution is 7.90. The number of sulfone groups is 1. The topological polar surface area (TPSA) is 69.4 Å². The fourth-order valence-corrected chi connectivity index (χ4v) is 2.63. The van der Waals surface area contributed by atoms with Gasteiger partial charge in [-0.2, -0.15) is 0 Å². The molecule has 0 bridgehead atoms. The zero-order valence-corrected chi connectivity index (χ0v) is 12.5. The quantitative estimate of drug-likeness (QED) is 0.882.